The molecule has 1 unspecified atom stereocenters. The first-order valence-electron chi connectivity index (χ1n) is 11.1. The molecule has 4 aliphatic heterocycles. The van der Waals surface area contributed by atoms with Gasteiger partial charge >= 0.3 is 0 Å². The average molecular weight is 411 g/mol. The van der Waals surface area contributed by atoms with Crippen LogP contribution in [0.2, 0.25) is 0 Å². The van der Waals surface area contributed by atoms with Crippen LogP contribution in [0.5, 0.6) is 0 Å². The van der Waals surface area contributed by atoms with Crippen molar-refractivity contribution in [3.63, 3.8) is 0 Å². The highest BCUT2D eigenvalue weighted by molar-refractivity contribution is 5.79. The average Bonchev–Trinajstić information content (AvgIpc) is 2.79. The van der Waals surface area contributed by atoms with Gasteiger partial charge in [0, 0.05) is 58.3 Å². The van der Waals surface area contributed by atoms with Crippen LogP contribution < -0.4 is 0 Å². The first-order chi connectivity index (χ1) is 14.2. The topological polar surface area (TPSA) is 77.5 Å². The van der Waals surface area contributed by atoms with E-state index in [0.29, 0.717) is 46.1 Å². The fourth-order valence-electron chi connectivity index (χ4n) is 4.90. The van der Waals surface area contributed by atoms with Gasteiger partial charge in [-0.05, 0) is 32.1 Å². The molecule has 4 heterocycles. The number of ether oxygens (including phenoxy) is 4. The zero-order valence-corrected chi connectivity index (χ0v) is 17.3. The Labute approximate surface area is 172 Å². The van der Waals surface area contributed by atoms with Crippen molar-refractivity contribution in [1.29, 1.82) is 0 Å². The van der Waals surface area contributed by atoms with Crippen LogP contribution in [0, 0.1) is 5.92 Å². The smallest absolute Gasteiger partial charge is 0.248 e. The molecule has 4 saturated heterocycles. The van der Waals surface area contributed by atoms with E-state index in [-0.39, 0.29) is 36.0 Å². The Morgan fingerprint density at radius 3 is 2.28 bits per heavy atom. The van der Waals surface area contributed by atoms with Crippen LogP contribution in [-0.4, -0.2) is 99.1 Å². The summed E-state index contributed by atoms with van der Waals surface area (Å²) >= 11 is 0. The lowest BCUT2D eigenvalue weighted by atomic mass is 9.82. The molecular weight excluding hydrogens is 376 g/mol. The number of carbonyl (C=O) groups excluding carboxylic acids is 2. The Morgan fingerprint density at radius 2 is 1.55 bits per heavy atom. The number of nitrogens with zero attached hydrogens (tertiary/aromatic N) is 2. The van der Waals surface area contributed by atoms with Crippen molar-refractivity contribution in [3.05, 3.63) is 0 Å². The van der Waals surface area contributed by atoms with Gasteiger partial charge in [0.15, 0.2) is 0 Å². The number of rotatable bonds is 4. The Balaban J connectivity index is 1.23. The number of amides is 2. The maximum absolute atomic E-state index is 12.8. The van der Waals surface area contributed by atoms with E-state index in [1.54, 1.807) is 0 Å². The summed E-state index contributed by atoms with van der Waals surface area (Å²) in [6.45, 7) is 6.18. The number of hydrogen-bond acceptors (Lipinski definition) is 6. The van der Waals surface area contributed by atoms with E-state index in [1.807, 2.05) is 9.80 Å². The highest BCUT2D eigenvalue weighted by atomic mass is 16.5. The lowest BCUT2D eigenvalue weighted by molar-refractivity contribution is -0.169. The van der Waals surface area contributed by atoms with Crippen molar-refractivity contribution in [1.82, 2.24) is 9.80 Å². The van der Waals surface area contributed by atoms with Crippen molar-refractivity contribution < 1.29 is 28.5 Å². The van der Waals surface area contributed by atoms with Crippen LogP contribution >= 0.6 is 0 Å². The van der Waals surface area contributed by atoms with Crippen molar-refractivity contribution in [3.8, 4) is 0 Å². The fraction of sp³-hybridized carbons (Fsp3) is 0.905. The summed E-state index contributed by atoms with van der Waals surface area (Å²) < 4.78 is 22.8. The summed E-state index contributed by atoms with van der Waals surface area (Å²) in [6.07, 6.45) is 5.05. The van der Waals surface area contributed by atoms with Gasteiger partial charge in [-0.2, -0.15) is 0 Å². The molecular formula is C21H34N2O6. The lowest BCUT2D eigenvalue weighted by Crippen LogP contribution is -2.53. The predicted molar refractivity (Wildman–Crippen MR) is 104 cm³/mol. The van der Waals surface area contributed by atoms with E-state index in [0.717, 1.165) is 51.6 Å². The zero-order valence-electron chi connectivity index (χ0n) is 17.3. The van der Waals surface area contributed by atoms with E-state index < -0.39 is 0 Å². The molecule has 0 aromatic heterocycles. The largest absolute Gasteiger partial charge is 0.381 e. The number of carbonyl (C=O) groups is 2. The normalized spacial score (nSPS) is 28.5. The molecule has 0 aromatic rings. The summed E-state index contributed by atoms with van der Waals surface area (Å²) in [5, 5.41) is 0. The van der Waals surface area contributed by atoms with Gasteiger partial charge in [0.25, 0.3) is 0 Å². The minimum atomic E-state index is -0.211. The first-order valence-corrected chi connectivity index (χ1v) is 11.1. The molecule has 4 fully saturated rings. The van der Waals surface area contributed by atoms with Crippen molar-refractivity contribution in [2.75, 3.05) is 65.8 Å². The molecule has 0 aliphatic carbocycles. The van der Waals surface area contributed by atoms with E-state index in [9.17, 15) is 9.59 Å². The molecule has 8 heteroatoms. The highest BCUT2D eigenvalue weighted by Gasteiger charge is 2.42. The van der Waals surface area contributed by atoms with Gasteiger partial charge < -0.3 is 28.7 Å². The second-order valence-corrected chi connectivity index (χ2v) is 8.66. The molecule has 164 valence electrons. The van der Waals surface area contributed by atoms with E-state index in [1.165, 1.54) is 0 Å². The fourth-order valence-corrected chi connectivity index (χ4v) is 4.90. The SMILES string of the molecule is O=C(COC1CCOC2(CCN(C(=O)C3CCOCC3)CC2)C1)N1CCOCC1. The molecule has 2 amide bonds. The second kappa shape index (κ2) is 9.73. The van der Waals surface area contributed by atoms with Crippen LogP contribution in [0.15, 0.2) is 0 Å². The summed E-state index contributed by atoms with van der Waals surface area (Å²) in [4.78, 5) is 28.9. The number of morpholine rings is 1. The molecule has 4 rings (SSSR count). The van der Waals surface area contributed by atoms with Crippen LogP contribution in [0.4, 0.5) is 0 Å². The van der Waals surface area contributed by atoms with Gasteiger partial charge in [-0.1, -0.05) is 0 Å². The molecule has 0 saturated carbocycles. The molecule has 1 atom stereocenters. The summed E-state index contributed by atoms with van der Waals surface area (Å²) in [5.41, 5.74) is -0.211. The van der Waals surface area contributed by atoms with E-state index in [4.69, 9.17) is 18.9 Å². The van der Waals surface area contributed by atoms with Crippen molar-refractivity contribution in [2.24, 2.45) is 5.92 Å². The second-order valence-electron chi connectivity index (χ2n) is 8.66. The molecule has 29 heavy (non-hydrogen) atoms. The van der Waals surface area contributed by atoms with Gasteiger partial charge in [0.1, 0.15) is 6.61 Å². The zero-order chi connectivity index (χ0) is 20.1. The van der Waals surface area contributed by atoms with Gasteiger partial charge in [0.05, 0.1) is 24.9 Å². The van der Waals surface area contributed by atoms with Gasteiger partial charge in [-0.3, -0.25) is 9.59 Å². The minimum absolute atomic E-state index is 0.0470. The third-order valence-corrected chi connectivity index (χ3v) is 6.81. The summed E-state index contributed by atoms with van der Waals surface area (Å²) in [5.74, 6) is 0.445. The molecule has 8 nitrogen and oxygen atoms in total. The molecule has 0 radical (unpaired) electrons. The quantitative estimate of drug-likeness (QED) is 0.683. The standard InChI is InChI=1S/C21H34N2O6/c24-19(22-8-13-27-14-9-22)16-28-18-3-12-29-21(15-18)4-6-23(7-5-21)20(25)17-1-10-26-11-2-17/h17-18H,1-16H2. The molecule has 0 N–H and O–H groups in total. The maximum Gasteiger partial charge on any atom is 0.248 e. The number of likely N-dealkylation sites (tertiary alicyclic amines) is 1. The Kier molecular flexibility index (Phi) is 7.05. The van der Waals surface area contributed by atoms with Crippen molar-refractivity contribution in [2.45, 2.75) is 50.2 Å². The lowest BCUT2D eigenvalue weighted by Gasteiger charge is -2.46. The van der Waals surface area contributed by atoms with Gasteiger partial charge in [-0.25, -0.2) is 0 Å². The molecule has 0 bridgehead atoms. The van der Waals surface area contributed by atoms with Crippen LogP contribution in [0.25, 0.3) is 0 Å². The molecule has 0 aromatic carbocycles. The third kappa shape index (κ3) is 5.29. The number of piperidine rings is 1. The third-order valence-electron chi connectivity index (χ3n) is 6.81. The Morgan fingerprint density at radius 1 is 0.862 bits per heavy atom. The number of hydrogen-bond donors (Lipinski definition) is 0. The Bertz CT molecular complexity index is 566. The van der Waals surface area contributed by atoms with Gasteiger partial charge in [-0.15, -0.1) is 0 Å². The molecule has 1 spiro atoms. The maximum atomic E-state index is 12.8. The van der Waals surface area contributed by atoms with Crippen molar-refractivity contribution >= 4 is 11.8 Å². The first kappa shape index (κ1) is 21.0. The van der Waals surface area contributed by atoms with E-state index >= 15 is 0 Å². The monoisotopic (exact) mass is 410 g/mol. The molecule has 4 aliphatic rings. The highest BCUT2D eigenvalue weighted by Crippen LogP contribution is 2.36. The van der Waals surface area contributed by atoms with E-state index in [2.05, 4.69) is 0 Å². The van der Waals surface area contributed by atoms with Gasteiger partial charge in [0.2, 0.25) is 11.8 Å². The van der Waals surface area contributed by atoms with Crippen LogP contribution in [0.1, 0.15) is 38.5 Å². The summed E-state index contributed by atoms with van der Waals surface area (Å²) in [7, 11) is 0. The predicted octanol–water partition coefficient (Wildman–Crippen LogP) is 0.829. The minimum Gasteiger partial charge on any atom is -0.381 e. The Hall–Kier alpha value is -1.22. The van der Waals surface area contributed by atoms with Crippen LogP contribution in [-0.2, 0) is 28.5 Å². The van der Waals surface area contributed by atoms with Crippen LogP contribution in [0.3, 0.4) is 0 Å². The summed E-state index contributed by atoms with van der Waals surface area (Å²) in [6, 6.07) is 0.